The molecule has 0 spiro atoms. The summed E-state index contributed by atoms with van der Waals surface area (Å²) in [6, 6.07) is 12.0. The first-order valence-corrected chi connectivity index (χ1v) is 10.3. The van der Waals surface area contributed by atoms with E-state index < -0.39 is 54.2 Å². The topological polar surface area (TPSA) is 45.1 Å². The van der Waals surface area contributed by atoms with Crippen molar-refractivity contribution < 1.29 is 40.2 Å². The molecule has 2 aromatic carbocycles. The maximum Gasteiger partial charge on any atom is 0.416 e. The molecule has 1 heterocycles. The highest BCUT2D eigenvalue weighted by molar-refractivity contribution is 5.41. The SMILES string of the molecule is OC(CNC(Cc1ccccc1)(c1cc(F)cc(C(F)(F)F)c1)c1ccc(F)cn1)CC(F)(F)F. The highest BCUT2D eigenvalue weighted by atomic mass is 19.4. The molecule has 0 aliphatic rings. The first kappa shape index (κ1) is 26.6. The van der Waals surface area contributed by atoms with Gasteiger partial charge in [-0.25, -0.2) is 8.78 Å². The molecule has 0 saturated carbocycles. The van der Waals surface area contributed by atoms with Crippen LogP contribution in [0.2, 0.25) is 0 Å². The lowest BCUT2D eigenvalue weighted by molar-refractivity contribution is -0.153. The zero-order chi connectivity index (χ0) is 25.9. The number of hydrogen-bond donors (Lipinski definition) is 2. The van der Waals surface area contributed by atoms with Crippen LogP contribution >= 0.6 is 0 Å². The molecule has 2 unspecified atom stereocenters. The van der Waals surface area contributed by atoms with E-state index in [0.717, 1.165) is 24.4 Å². The van der Waals surface area contributed by atoms with Crippen LogP contribution in [-0.4, -0.2) is 28.9 Å². The lowest BCUT2D eigenvalue weighted by Crippen LogP contribution is -2.49. The summed E-state index contributed by atoms with van der Waals surface area (Å²) in [7, 11) is 0. The van der Waals surface area contributed by atoms with E-state index in [1.165, 1.54) is 0 Å². The van der Waals surface area contributed by atoms with E-state index in [-0.39, 0.29) is 23.7 Å². The third-order valence-electron chi connectivity index (χ3n) is 5.30. The first-order valence-electron chi connectivity index (χ1n) is 10.3. The van der Waals surface area contributed by atoms with Crippen LogP contribution in [0.4, 0.5) is 35.1 Å². The molecule has 0 saturated heterocycles. The molecule has 3 rings (SSSR count). The summed E-state index contributed by atoms with van der Waals surface area (Å²) in [5, 5.41) is 12.7. The zero-order valence-electron chi connectivity index (χ0n) is 18.0. The Balaban J connectivity index is 2.21. The fraction of sp³-hybridized carbons (Fsp3) is 0.292. The molecule has 188 valence electrons. The predicted octanol–water partition coefficient (Wildman–Crippen LogP) is 5.77. The van der Waals surface area contributed by atoms with Crippen molar-refractivity contribution in [3.8, 4) is 0 Å². The van der Waals surface area contributed by atoms with Crippen LogP contribution in [0.25, 0.3) is 0 Å². The Hall–Kier alpha value is -3.05. The van der Waals surface area contributed by atoms with Crippen LogP contribution in [0, 0.1) is 11.6 Å². The Morgan fingerprint density at radius 1 is 0.829 bits per heavy atom. The van der Waals surface area contributed by atoms with Crippen LogP contribution in [-0.2, 0) is 18.1 Å². The molecule has 0 amide bonds. The molecule has 0 aliphatic heterocycles. The zero-order valence-corrected chi connectivity index (χ0v) is 18.0. The number of aromatic nitrogens is 1. The third-order valence-corrected chi connectivity index (χ3v) is 5.30. The molecule has 0 bridgehead atoms. The average molecular weight is 504 g/mol. The second-order valence-electron chi connectivity index (χ2n) is 8.01. The van der Waals surface area contributed by atoms with Crippen molar-refractivity contribution >= 4 is 0 Å². The van der Waals surface area contributed by atoms with Gasteiger partial charge in [0.1, 0.15) is 11.6 Å². The van der Waals surface area contributed by atoms with Gasteiger partial charge in [0.2, 0.25) is 0 Å². The Morgan fingerprint density at radius 2 is 1.49 bits per heavy atom. The number of benzene rings is 2. The van der Waals surface area contributed by atoms with Crippen molar-refractivity contribution in [3.05, 3.63) is 101 Å². The fourth-order valence-corrected chi connectivity index (χ4v) is 3.76. The molecule has 0 aliphatic carbocycles. The number of aliphatic hydroxyl groups excluding tert-OH is 1. The van der Waals surface area contributed by atoms with Gasteiger partial charge in [0.15, 0.2) is 0 Å². The van der Waals surface area contributed by atoms with Gasteiger partial charge in [0.25, 0.3) is 0 Å². The third kappa shape index (κ3) is 6.98. The van der Waals surface area contributed by atoms with Gasteiger partial charge in [0, 0.05) is 13.0 Å². The molecule has 0 radical (unpaired) electrons. The average Bonchev–Trinajstić information content (AvgIpc) is 2.76. The summed E-state index contributed by atoms with van der Waals surface area (Å²) < 4.78 is 107. The van der Waals surface area contributed by atoms with Crippen molar-refractivity contribution in [2.75, 3.05) is 6.54 Å². The molecule has 2 N–H and O–H groups in total. The van der Waals surface area contributed by atoms with Gasteiger partial charge in [0.05, 0.1) is 35.5 Å². The minimum absolute atomic E-state index is 0.0827. The van der Waals surface area contributed by atoms with Gasteiger partial charge >= 0.3 is 12.4 Å². The molecule has 2 atom stereocenters. The van der Waals surface area contributed by atoms with Crippen molar-refractivity contribution in [2.45, 2.75) is 36.8 Å². The van der Waals surface area contributed by atoms with E-state index in [1.54, 1.807) is 30.3 Å². The smallest absolute Gasteiger partial charge is 0.391 e. The normalized spacial score (nSPS) is 15.0. The van der Waals surface area contributed by atoms with Crippen LogP contribution in [0.5, 0.6) is 0 Å². The van der Waals surface area contributed by atoms with Crippen molar-refractivity contribution in [1.82, 2.24) is 10.3 Å². The Kier molecular flexibility index (Phi) is 7.80. The number of halogens is 8. The molecule has 3 nitrogen and oxygen atoms in total. The van der Waals surface area contributed by atoms with Crippen molar-refractivity contribution in [2.24, 2.45) is 0 Å². The quantitative estimate of drug-likeness (QED) is 0.383. The Labute approximate surface area is 195 Å². The molecular formula is C24H20F8N2O. The van der Waals surface area contributed by atoms with E-state index in [2.05, 4.69) is 10.3 Å². The van der Waals surface area contributed by atoms with E-state index in [4.69, 9.17) is 0 Å². The lowest BCUT2D eigenvalue weighted by atomic mass is 9.79. The van der Waals surface area contributed by atoms with Gasteiger partial charge in [-0.05, 0) is 41.5 Å². The highest BCUT2D eigenvalue weighted by Crippen LogP contribution is 2.38. The second kappa shape index (κ2) is 10.3. The highest BCUT2D eigenvalue weighted by Gasteiger charge is 2.40. The fourth-order valence-electron chi connectivity index (χ4n) is 3.76. The molecule has 1 aromatic heterocycles. The van der Waals surface area contributed by atoms with E-state index in [0.29, 0.717) is 11.6 Å². The largest absolute Gasteiger partial charge is 0.416 e. The number of nitrogens with one attached hydrogen (secondary N) is 1. The summed E-state index contributed by atoms with van der Waals surface area (Å²) in [5.74, 6) is -2.01. The summed E-state index contributed by atoms with van der Waals surface area (Å²) in [4.78, 5) is 3.95. The van der Waals surface area contributed by atoms with Crippen LogP contribution in [0.1, 0.15) is 28.8 Å². The summed E-state index contributed by atoms with van der Waals surface area (Å²) >= 11 is 0. The summed E-state index contributed by atoms with van der Waals surface area (Å²) in [5.41, 5.74) is -3.07. The summed E-state index contributed by atoms with van der Waals surface area (Å²) in [6.07, 6.45) is -12.6. The van der Waals surface area contributed by atoms with Gasteiger partial charge in [-0.3, -0.25) is 10.3 Å². The molecule has 35 heavy (non-hydrogen) atoms. The Morgan fingerprint density at radius 3 is 2.06 bits per heavy atom. The number of nitrogens with zero attached hydrogens (tertiary/aromatic N) is 1. The van der Waals surface area contributed by atoms with Gasteiger partial charge in [-0.2, -0.15) is 26.3 Å². The van der Waals surface area contributed by atoms with Crippen molar-refractivity contribution in [1.29, 1.82) is 0 Å². The maximum atomic E-state index is 14.4. The number of alkyl halides is 6. The molecule has 3 aromatic rings. The van der Waals surface area contributed by atoms with Crippen LogP contribution in [0.3, 0.4) is 0 Å². The minimum Gasteiger partial charge on any atom is -0.391 e. The molecule has 0 fully saturated rings. The van der Waals surface area contributed by atoms with Crippen LogP contribution in [0.15, 0.2) is 66.9 Å². The van der Waals surface area contributed by atoms with Gasteiger partial charge in [-0.15, -0.1) is 0 Å². The minimum atomic E-state index is -4.93. The number of pyridine rings is 1. The first-order chi connectivity index (χ1) is 16.3. The number of aliphatic hydroxyl groups is 1. The van der Waals surface area contributed by atoms with Gasteiger partial charge < -0.3 is 5.11 Å². The number of hydrogen-bond acceptors (Lipinski definition) is 3. The van der Waals surface area contributed by atoms with Gasteiger partial charge in [-0.1, -0.05) is 30.3 Å². The standard InChI is InChI=1S/C24H20F8N2O/c25-18-6-7-21(33-13-18)22(11-15-4-2-1-3-5-15,34-14-20(35)12-23(27,28)29)16-8-17(24(30,31)32)10-19(26)9-16/h1-10,13,20,34-35H,11-12,14H2. The van der Waals surface area contributed by atoms with E-state index in [9.17, 15) is 40.2 Å². The predicted molar refractivity (Wildman–Crippen MR) is 111 cm³/mol. The monoisotopic (exact) mass is 504 g/mol. The van der Waals surface area contributed by atoms with E-state index in [1.807, 2.05) is 0 Å². The number of rotatable bonds is 8. The Bertz CT molecular complexity index is 1120. The molecular weight excluding hydrogens is 484 g/mol. The van der Waals surface area contributed by atoms with Crippen LogP contribution < -0.4 is 5.32 Å². The van der Waals surface area contributed by atoms with E-state index >= 15 is 0 Å². The summed E-state index contributed by atoms with van der Waals surface area (Å²) in [6.45, 7) is -0.733. The molecule has 11 heteroatoms. The maximum absolute atomic E-state index is 14.4. The van der Waals surface area contributed by atoms with Crippen molar-refractivity contribution in [3.63, 3.8) is 0 Å². The second-order valence-corrected chi connectivity index (χ2v) is 8.01. The lowest BCUT2D eigenvalue weighted by Gasteiger charge is -2.37.